The summed E-state index contributed by atoms with van der Waals surface area (Å²) in [4.78, 5) is 11.7. The summed E-state index contributed by atoms with van der Waals surface area (Å²) in [5, 5.41) is 1.15. The van der Waals surface area contributed by atoms with Gasteiger partial charge in [-0.25, -0.2) is 9.97 Å². The molecule has 2 aromatic heterocycles. The number of fused-ring (bicyclic) bond motifs is 3. The van der Waals surface area contributed by atoms with Crippen LogP contribution in [0.5, 0.6) is 0 Å². The van der Waals surface area contributed by atoms with Crippen molar-refractivity contribution in [1.82, 2.24) is 19.4 Å². The zero-order valence-corrected chi connectivity index (χ0v) is 15.6. The molecule has 0 atom stereocenters. The molecule has 5 nitrogen and oxygen atoms in total. The Morgan fingerprint density at radius 2 is 1.88 bits per heavy atom. The summed E-state index contributed by atoms with van der Waals surface area (Å²) in [5.74, 6) is 1.69. The van der Waals surface area contributed by atoms with E-state index in [-0.39, 0.29) is 0 Å². The molecule has 0 saturated heterocycles. The van der Waals surface area contributed by atoms with E-state index in [9.17, 15) is 0 Å². The molecule has 134 valence electrons. The number of hydrogen-bond donors (Lipinski definition) is 1. The molecule has 3 aromatic rings. The molecule has 0 radical (unpaired) electrons. The molecule has 0 bridgehead atoms. The maximum absolute atomic E-state index is 6.23. The van der Waals surface area contributed by atoms with Crippen LogP contribution in [-0.2, 0) is 13.0 Å². The largest absolute Gasteiger partial charge is 0.382 e. The standard InChI is InChI=1S/C20H29N5/c1-4-5-12-17-23-18-19(25(17)14-9-8-13-24(2)3)15-10-6-7-11-16(15)22-20(18)21/h6-7,10-11H,4-5,8-9,12-14H2,1-3H3,(H2,21,22). The van der Waals surface area contributed by atoms with Gasteiger partial charge < -0.3 is 15.2 Å². The Labute approximate surface area is 149 Å². The fourth-order valence-electron chi connectivity index (χ4n) is 3.37. The Morgan fingerprint density at radius 3 is 2.64 bits per heavy atom. The number of para-hydroxylation sites is 1. The van der Waals surface area contributed by atoms with Crippen molar-refractivity contribution in [3.63, 3.8) is 0 Å². The van der Waals surface area contributed by atoms with Gasteiger partial charge in [-0.2, -0.15) is 0 Å². The van der Waals surface area contributed by atoms with Crippen molar-refractivity contribution in [1.29, 1.82) is 0 Å². The van der Waals surface area contributed by atoms with Crippen molar-refractivity contribution in [3.05, 3.63) is 30.1 Å². The van der Waals surface area contributed by atoms with Gasteiger partial charge in [-0.15, -0.1) is 0 Å². The molecular weight excluding hydrogens is 310 g/mol. The zero-order valence-electron chi connectivity index (χ0n) is 15.6. The van der Waals surface area contributed by atoms with Gasteiger partial charge in [0.15, 0.2) is 5.82 Å². The van der Waals surface area contributed by atoms with Crippen LogP contribution in [0, 0.1) is 0 Å². The molecule has 0 spiro atoms. The highest BCUT2D eigenvalue weighted by atomic mass is 15.1. The van der Waals surface area contributed by atoms with Gasteiger partial charge in [-0.05, 0) is 46.0 Å². The van der Waals surface area contributed by atoms with Crippen molar-refractivity contribution in [3.8, 4) is 0 Å². The SMILES string of the molecule is CCCCc1nc2c(N)nc3ccccc3c2n1CCCCN(C)C. The number of nitrogens with two attached hydrogens (primary N) is 1. The number of rotatable bonds is 8. The number of nitrogens with zero attached hydrogens (tertiary/aromatic N) is 4. The third kappa shape index (κ3) is 3.76. The maximum atomic E-state index is 6.23. The quantitative estimate of drug-likeness (QED) is 0.633. The molecule has 0 fully saturated rings. The van der Waals surface area contributed by atoms with Gasteiger partial charge in [0.2, 0.25) is 0 Å². The van der Waals surface area contributed by atoms with E-state index in [0.29, 0.717) is 5.82 Å². The van der Waals surface area contributed by atoms with Crippen LogP contribution in [0.1, 0.15) is 38.4 Å². The van der Waals surface area contributed by atoms with Gasteiger partial charge in [-0.1, -0.05) is 31.5 Å². The van der Waals surface area contributed by atoms with Gasteiger partial charge in [-0.3, -0.25) is 0 Å². The molecule has 2 heterocycles. The lowest BCUT2D eigenvalue weighted by molar-refractivity contribution is 0.387. The number of unbranched alkanes of at least 4 members (excludes halogenated alkanes) is 2. The number of benzene rings is 1. The Hall–Kier alpha value is -2.14. The number of nitrogen functional groups attached to an aromatic ring is 1. The summed E-state index contributed by atoms with van der Waals surface area (Å²) in [6, 6.07) is 8.23. The van der Waals surface area contributed by atoms with E-state index in [4.69, 9.17) is 10.7 Å². The van der Waals surface area contributed by atoms with Crippen LogP contribution in [0.3, 0.4) is 0 Å². The van der Waals surface area contributed by atoms with Gasteiger partial charge in [0, 0.05) is 18.4 Å². The molecule has 1 aromatic carbocycles. The number of pyridine rings is 1. The predicted octanol–water partition coefficient (Wildman–Crippen LogP) is 3.85. The van der Waals surface area contributed by atoms with Crippen LogP contribution >= 0.6 is 0 Å². The lowest BCUT2D eigenvalue weighted by Crippen LogP contribution is -2.14. The monoisotopic (exact) mass is 339 g/mol. The number of anilines is 1. The van der Waals surface area contributed by atoms with Crippen molar-refractivity contribution in [2.75, 3.05) is 26.4 Å². The molecule has 0 aliphatic rings. The molecule has 0 unspecified atom stereocenters. The van der Waals surface area contributed by atoms with Gasteiger partial charge >= 0.3 is 0 Å². The lowest BCUT2D eigenvalue weighted by Gasteiger charge is -2.12. The van der Waals surface area contributed by atoms with Crippen LogP contribution < -0.4 is 5.73 Å². The van der Waals surface area contributed by atoms with E-state index in [1.807, 2.05) is 12.1 Å². The Morgan fingerprint density at radius 1 is 1.08 bits per heavy atom. The van der Waals surface area contributed by atoms with Gasteiger partial charge in [0.05, 0.1) is 11.0 Å². The smallest absolute Gasteiger partial charge is 0.152 e. The molecule has 0 amide bonds. The maximum Gasteiger partial charge on any atom is 0.152 e. The van der Waals surface area contributed by atoms with Crippen LogP contribution in [0.25, 0.3) is 21.9 Å². The molecule has 0 aliphatic heterocycles. The van der Waals surface area contributed by atoms with Crippen molar-refractivity contribution in [2.24, 2.45) is 0 Å². The Balaban J connectivity index is 2.05. The first kappa shape index (κ1) is 17.7. The molecule has 0 saturated carbocycles. The van der Waals surface area contributed by atoms with Crippen molar-refractivity contribution < 1.29 is 0 Å². The van der Waals surface area contributed by atoms with E-state index in [1.165, 1.54) is 6.42 Å². The molecular formula is C20H29N5. The second-order valence-corrected chi connectivity index (χ2v) is 7.01. The topological polar surface area (TPSA) is 60.0 Å². The Kier molecular flexibility index (Phi) is 5.53. The van der Waals surface area contributed by atoms with Crippen LogP contribution in [0.4, 0.5) is 5.82 Å². The third-order valence-electron chi connectivity index (χ3n) is 4.68. The van der Waals surface area contributed by atoms with Crippen molar-refractivity contribution in [2.45, 2.75) is 45.6 Å². The highest BCUT2D eigenvalue weighted by Crippen LogP contribution is 2.29. The number of aromatic nitrogens is 3. The summed E-state index contributed by atoms with van der Waals surface area (Å²) in [6.45, 7) is 4.31. The van der Waals surface area contributed by atoms with Gasteiger partial charge in [0.25, 0.3) is 0 Å². The summed E-state index contributed by atoms with van der Waals surface area (Å²) < 4.78 is 2.39. The second-order valence-electron chi connectivity index (χ2n) is 7.01. The second kappa shape index (κ2) is 7.83. The van der Waals surface area contributed by atoms with E-state index < -0.39 is 0 Å². The Bertz CT molecular complexity index is 850. The van der Waals surface area contributed by atoms with Crippen molar-refractivity contribution >= 4 is 27.8 Å². The normalized spacial score (nSPS) is 11.8. The lowest BCUT2D eigenvalue weighted by atomic mass is 10.2. The number of imidazole rings is 1. The van der Waals surface area contributed by atoms with E-state index in [1.54, 1.807) is 0 Å². The molecule has 25 heavy (non-hydrogen) atoms. The average molecular weight is 339 g/mol. The molecule has 3 rings (SSSR count). The van der Waals surface area contributed by atoms with Gasteiger partial charge in [0.1, 0.15) is 11.3 Å². The van der Waals surface area contributed by atoms with E-state index >= 15 is 0 Å². The first-order chi connectivity index (χ1) is 12.1. The van der Waals surface area contributed by atoms with Crippen LogP contribution in [0.2, 0.25) is 0 Å². The minimum Gasteiger partial charge on any atom is -0.382 e. The summed E-state index contributed by atoms with van der Waals surface area (Å²) in [6.07, 6.45) is 5.62. The summed E-state index contributed by atoms with van der Waals surface area (Å²) in [7, 11) is 4.25. The highest BCUT2D eigenvalue weighted by molar-refractivity contribution is 6.06. The molecule has 2 N–H and O–H groups in total. The molecule has 5 heteroatoms. The predicted molar refractivity (Wildman–Crippen MR) is 106 cm³/mol. The number of hydrogen-bond acceptors (Lipinski definition) is 4. The van der Waals surface area contributed by atoms with E-state index in [0.717, 1.165) is 66.5 Å². The zero-order chi connectivity index (χ0) is 17.8. The summed E-state index contributed by atoms with van der Waals surface area (Å²) >= 11 is 0. The highest BCUT2D eigenvalue weighted by Gasteiger charge is 2.16. The minimum absolute atomic E-state index is 0.540. The third-order valence-corrected chi connectivity index (χ3v) is 4.68. The van der Waals surface area contributed by atoms with E-state index in [2.05, 4.69) is 47.6 Å². The van der Waals surface area contributed by atoms with Crippen LogP contribution in [-0.4, -0.2) is 40.1 Å². The first-order valence-corrected chi connectivity index (χ1v) is 9.30. The minimum atomic E-state index is 0.540. The summed E-state index contributed by atoms with van der Waals surface area (Å²) in [5.41, 5.74) is 9.19. The molecule has 0 aliphatic carbocycles. The first-order valence-electron chi connectivity index (χ1n) is 9.30. The number of aryl methyl sites for hydroxylation is 2. The fraction of sp³-hybridized carbons (Fsp3) is 0.500. The van der Waals surface area contributed by atoms with Crippen LogP contribution in [0.15, 0.2) is 24.3 Å². The fourth-order valence-corrected chi connectivity index (χ4v) is 3.37. The average Bonchev–Trinajstić information content (AvgIpc) is 2.96.